The molecule has 3 atom stereocenters. The third kappa shape index (κ3) is 7.05. The van der Waals surface area contributed by atoms with Crippen molar-refractivity contribution in [3.05, 3.63) is 0 Å². The van der Waals surface area contributed by atoms with Gasteiger partial charge in [-0.2, -0.15) is 0 Å². The highest BCUT2D eigenvalue weighted by Crippen LogP contribution is 2.19. The Morgan fingerprint density at radius 1 is 1.09 bits per heavy atom. The van der Waals surface area contributed by atoms with E-state index in [1.54, 1.807) is 0 Å². The van der Waals surface area contributed by atoms with Gasteiger partial charge in [0.25, 0.3) is 0 Å². The molecule has 0 aromatic carbocycles. The van der Waals surface area contributed by atoms with Crippen molar-refractivity contribution in [3.8, 4) is 0 Å². The van der Waals surface area contributed by atoms with Gasteiger partial charge in [0, 0.05) is 26.6 Å². The molecule has 1 aliphatic heterocycles. The first-order valence-electron chi connectivity index (χ1n) is 8.51. The zero-order valence-electron chi connectivity index (χ0n) is 13.7. The molecule has 0 radical (unpaired) electrons. The number of carbonyl (C=O) groups is 1. The van der Waals surface area contributed by atoms with Crippen LogP contribution in [-0.2, 0) is 4.79 Å². The molecule has 1 rings (SSSR count). The van der Waals surface area contributed by atoms with E-state index in [2.05, 4.69) is 10.2 Å². The predicted molar refractivity (Wildman–Crippen MR) is 85.5 cm³/mol. The molecule has 0 spiro atoms. The molecule has 0 aromatic heterocycles. The maximum Gasteiger partial charge on any atom is 0.216 e. The third-order valence-corrected chi connectivity index (χ3v) is 4.34. The van der Waals surface area contributed by atoms with E-state index >= 15 is 0 Å². The molecule has 1 fully saturated rings. The number of aliphatic hydroxyl groups excluding tert-OH is 3. The Morgan fingerprint density at radius 2 is 1.68 bits per heavy atom. The highest BCUT2D eigenvalue weighted by Gasteiger charge is 2.39. The summed E-state index contributed by atoms with van der Waals surface area (Å²) in [6.45, 7) is 3.44. The van der Waals surface area contributed by atoms with E-state index < -0.39 is 12.2 Å². The lowest BCUT2D eigenvalue weighted by Gasteiger charge is -2.25. The number of β-amino-alcohol motifs (C(OH)–C–C–N with tert-alkyl or cyclic N) is 1. The largest absolute Gasteiger partial charge is 0.396 e. The van der Waals surface area contributed by atoms with Crippen molar-refractivity contribution in [2.45, 2.75) is 70.1 Å². The fraction of sp³-hybridized carbons (Fsp3) is 0.938. The van der Waals surface area contributed by atoms with Gasteiger partial charge in [-0.05, 0) is 19.4 Å². The van der Waals surface area contributed by atoms with Gasteiger partial charge in [-0.15, -0.1) is 0 Å². The number of likely N-dealkylation sites (tertiary alicyclic amines) is 1. The average Bonchev–Trinajstić information content (AvgIpc) is 2.74. The number of hydrogen-bond donors (Lipinski definition) is 4. The number of amides is 1. The molecule has 0 aromatic rings. The first-order chi connectivity index (χ1) is 10.6. The van der Waals surface area contributed by atoms with Crippen LogP contribution in [-0.4, -0.2) is 70.6 Å². The molecule has 22 heavy (non-hydrogen) atoms. The molecule has 1 amide bonds. The Kier molecular flexibility index (Phi) is 9.63. The first kappa shape index (κ1) is 19.4. The summed E-state index contributed by atoms with van der Waals surface area (Å²) in [5, 5.41) is 31.2. The maximum atomic E-state index is 11.0. The van der Waals surface area contributed by atoms with Crippen LogP contribution in [0.5, 0.6) is 0 Å². The standard InChI is InChI=1S/C16H32N2O4/c1-13(20)17-11-14-16(22)15(21)12-18(14)9-7-5-3-2-4-6-8-10-19/h14-16,19,21-22H,2-12H2,1H3,(H,17,20)/t14?,15-,16+/m0/s1. The van der Waals surface area contributed by atoms with Crippen LogP contribution in [0.4, 0.5) is 0 Å². The summed E-state index contributed by atoms with van der Waals surface area (Å²) in [5.41, 5.74) is 0. The van der Waals surface area contributed by atoms with Crippen LogP contribution in [0.15, 0.2) is 0 Å². The van der Waals surface area contributed by atoms with E-state index in [1.807, 2.05) is 0 Å². The van der Waals surface area contributed by atoms with Crippen molar-refractivity contribution in [1.29, 1.82) is 0 Å². The van der Waals surface area contributed by atoms with Crippen LogP contribution in [0.25, 0.3) is 0 Å². The number of unbranched alkanes of at least 4 members (excludes halogenated alkanes) is 6. The van der Waals surface area contributed by atoms with Crippen molar-refractivity contribution in [2.24, 2.45) is 0 Å². The lowest BCUT2D eigenvalue weighted by atomic mass is 10.1. The summed E-state index contributed by atoms with van der Waals surface area (Å²) in [6.07, 6.45) is 6.20. The van der Waals surface area contributed by atoms with E-state index in [1.165, 1.54) is 26.2 Å². The normalized spacial score (nSPS) is 25.5. The second-order valence-corrected chi connectivity index (χ2v) is 6.26. The molecule has 6 nitrogen and oxygen atoms in total. The fourth-order valence-corrected chi connectivity index (χ4v) is 3.02. The smallest absolute Gasteiger partial charge is 0.216 e. The number of rotatable bonds is 11. The Labute approximate surface area is 133 Å². The quantitative estimate of drug-likeness (QED) is 0.410. The second kappa shape index (κ2) is 10.9. The Balaban J connectivity index is 2.17. The van der Waals surface area contributed by atoms with Crippen LogP contribution in [0.1, 0.15) is 51.9 Å². The summed E-state index contributed by atoms with van der Waals surface area (Å²) in [4.78, 5) is 13.1. The third-order valence-electron chi connectivity index (χ3n) is 4.34. The molecule has 1 heterocycles. The van der Waals surface area contributed by atoms with Crippen LogP contribution in [0, 0.1) is 0 Å². The molecule has 0 aliphatic carbocycles. The number of aliphatic hydroxyl groups is 3. The lowest BCUT2D eigenvalue weighted by molar-refractivity contribution is -0.119. The monoisotopic (exact) mass is 316 g/mol. The van der Waals surface area contributed by atoms with E-state index in [-0.39, 0.29) is 18.6 Å². The topological polar surface area (TPSA) is 93.0 Å². The van der Waals surface area contributed by atoms with Crippen molar-refractivity contribution in [2.75, 3.05) is 26.2 Å². The molecular weight excluding hydrogens is 284 g/mol. The van der Waals surface area contributed by atoms with E-state index in [9.17, 15) is 15.0 Å². The van der Waals surface area contributed by atoms with Crippen LogP contribution < -0.4 is 5.32 Å². The number of nitrogens with one attached hydrogen (secondary N) is 1. The molecule has 0 bridgehead atoms. The SMILES string of the molecule is CC(=O)NCC1[C@@H](O)[C@@H](O)CN1CCCCCCCCCO. The van der Waals surface area contributed by atoms with E-state index in [4.69, 9.17) is 5.11 Å². The van der Waals surface area contributed by atoms with Gasteiger partial charge in [0.15, 0.2) is 0 Å². The highest BCUT2D eigenvalue weighted by molar-refractivity contribution is 5.72. The Morgan fingerprint density at radius 3 is 2.27 bits per heavy atom. The molecule has 1 saturated heterocycles. The van der Waals surface area contributed by atoms with Gasteiger partial charge in [-0.25, -0.2) is 0 Å². The van der Waals surface area contributed by atoms with Crippen molar-refractivity contribution in [1.82, 2.24) is 10.2 Å². The minimum Gasteiger partial charge on any atom is -0.396 e. The highest BCUT2D eigenvalue weighted by atomic mass is 16.3. The van der Waals surface area contributed by atoms with Gasteiger partial charge in [-0.1, -0.05) is 32.1 Å². The second-order valence-electron chi connectivity index (χ2n) is 6.26. The number of hydrogen-bond acceptors (Lipinski definition) is 5. The predicted octanol–water partition coefficient (Wildman–Crippen LogP) is 0.252. The molecule has 130 valence electrons. The minimum atomic E-state index is -0.787. The molecule has 1 unspecified atom stereocenters. The fourth-order valence-electron chi connectivity index (χ4n) is 3.02. The number of nitrogens with zero attached hydrogens (tertiary/aromatic N) is 1. The van der Waals surface area contributed by atoms with Gasteiger partial charge in [0.1, 0.15) is 0 Å². The first-order valence-corrected chi connectivity index (χ1v) is 8.51. The maximum absolute atomic E-state index is 11.0. The lowest BCUT2D eigenvalue weighted by Crippen LogP contribution is -2.45. The summed E-state index contributed by atoms with van der Waals surface area (Å²) in [6, 6.07) is -0.191. The number of carbonyl (C=O) groups excluding carboxylic acids is 1. The van der Waals surface area contributed by atoms with Crippen LogP contribution in [0.2, 0.25) is 0 Å². The van der Waals surface area contributed by atoms with Crippen molar-refractivity contribution < 1.29 is 20.1 Å². The van der Waals surface area contributed by atoms with Gasteiger partial charge < -0.3 is 20.6 Å². The minimum absolute atomic E-state index is 0.114. The van der Waals surface area contributed by atoms with Crippen LogP contribution >= 0.6 is 0 Å². The summed E-state index contributed by atoms with van der Waals surface area (Å²) < 4.78 is 0. The molecule has 1 aliphatic rings. The Bertz CT molecular complexity index is 315. The summed E-state index contributed by atoms with van der Waals surface area (Å²) >= 11 is 0. The Hall–Kier alpha value is -0.690. The van der Waals surface area contributed by atoms with E-state index in [0.29, 0.717) is 13.1 Å². The van der Waals surface area contributed by atoms with Gasteiger partial charge in [-0.3, -0.25) is 9.69 Å². The molecule has 4 N–H and O–H groups in total. The summed E-state index contributed by atoms with van der Waals surface area (Å²) in [5.74, 6) is -0.114. The van der Waals surface area contributed by atoms with Crippen LogP contribution in [0.3, 0.4) is 0 Å². The zero-order valence-corrected chi connectivity index (χ0v) is 13.7. The van der Waals surface area contributed by atoms with E-state index in [0.717, 1.165) is 32.2 Å². The summed E-state index contributed by atoms with van der Waals surface area (Å²) in [7, 11) is 0. The van der Waals surface area contributed by atoms with Gasteiger partial charge in [0.2, 0.25) is 5.91 Å². The molecular formula is C16H32N2O4. The molecule has 0 saturated carbocycles. The molecule has 6 heteroatoms. The van der Waals surface area contributed by atoms with Gasteiger partial charge >= 0.3 is 0 Å². The van der Waals surface area contributed by atoms with Crippen molar-refractivity contribution >= 4 is 5.91 Å². The average molecular weight is 316 g/mol. The zero-order chi connectivity index (χ0) is 16.4. The van der Waals surface area contributed by atoms with Gasteiger partial charge in [0.05, 0.1) is 18.2 Å². The van der Waals surface area contributed by atoms with Crippen molar-refractivity contribution in [3.63, 3.8) is 0 Å².